The van der Waals surface area contributed by atoms with E-state index in [1.165, 1.54) is 6.20 Å². The van der Waals surface area contributed by atoms with E-state index in [2.05, 4.69) is 37.4 Å². The molecular weight excluding hydrogens is 457 g/mol. The maximum absolute atomic E-state index is 12.7. The van der Waals surface area contributed by atoms with E-state index in [-0.39, 0.29) is 0 Å². The molecule has 1 aliphatic rings. The second-order valence-corrected chi connectivity index (χ2v) is 12.2. The predicted molar refractivity (Wildman–Crippen MR) is 140 cm³/mol. The Hall–Kier alpha value is -2.80. The number of rotatable bonds is 6. The molecule has 2 heterocycles. The fraction of sp³-hybridized carbons (Fsp3) is 0.304. The monoisotopic (exact) mass is 485 g/mol. The van der Waals surface area contributed by atoms with Crippen LogP contribution in [-0.4, -0.2) is 61.4 Å². The molecule has 2 aromatic carbocycles. The fourth-order valence-corrected chi connectivity index (χ4v) is 5.08. The molecule has 10 heteroatoms. The van der Waals surface area contributed by atoms with Crippen LogP contribution >= 0.6 is 18.7 Å². The SMILES string of the molecule is CN1CCN(c2ccc(Nc3ncc(Cl)c(Nc4ccccc4P(C)(C)=O)n3)cc2N)CC1. The molecule has 1 aliphatic heterocycles. The summed E-state index contributed by atoms with van der Waals surface area (Å²) in [5.41, 5.74) is 9.58. The molecule has 8 nitrogen and oxygen atoms in total. The Kier molecular flexibility index (Phi) is 6.79. The highest BCUT2D eigenvalue weighted by Gasteiger charge is 2.18. The van der Waals surface area contributed by atoms with E-state index in [1.54, 1.807) is 13.3 Å². The van der Waals surface area contributed by atoms with Gasteiger partial charge >= 0.3 is 0 Å². The Bertz CT molecular complexity index is 1190. The molecule has 0 unspecified atom stereocenters. The van der Waals surface area contributed by atoms with E-state index in [1.807, 2.05) is 42.5 Å². The number of nitrogens with zero attached hydrogens (tertiary/aromatic N) is 4. The van der Waals surface area contributed by atoms with E-state index in [4.69, 9.17) is 17.3 Å². The van der Waals surface area contributed by atoms with E-state index in [0.717, 1.165) is 42.9 Å². The second-order valence-electron chi connectivity index (χ2n) is 8.57. The van der Waals surface area contributed by atoms with Gasteiger partial charge in [-0.15, -0.1) is 0 Å². The third-order valence-corrected chi connectivity index (χ3v) is 7.44. The highest BCUT2D eigenvalue weighted by Crippen LogP contribution is 2.38. The van der Waals surface area contributed by atoms with Gasteiger partial charge in [-0.1, -0.05) is 23.7 Å². The number of hydrogen-bond acceptors (Lipinski definition) is 8. The summed E-state index contributed by atoms with van der Waals surface area (Å²) >= 11 is 6.34. The van der Waals surface area contributed by atoms with Crippen LogP contribution in [0.3, 0.4) is 0 Å². The van der Waals surface area contributed by atoms with E-state index in [0.29, 0.717) is 28.2 Å². The molecule has 1 fully saturated rings. The predicted octanol–water partition coefficient (Wildman–Crippen LogP) is 4.20. The summed E-state index contributed by atoms with van der Waals surface area (Å²) in [6.45, 7) is 7.40. The third-order valence-electron chi connectivity index (χ3n) is 5.61. The zero-order valence-electron chi connectivity index (χ0n) is 19.0. The van der Waals surface area contributed by atoms with Crippen LogP contribution in [0.4, 0.5) is 34.5 Å². The number of halogens is 1. The summed E-state index contributed by atoms with van der Waals surface area (Å²) in [5.74, 6) is 0.805. The van der Waals surface area contributed by atoms with Crippen molar-refractivity contribution in [1.29, 1.82) is 0 Å². The quantitative estimate of drug-likeness (QED) is 0.353. The molecule has 1 aromatic heterocycles. The lowest BCUT2D eigenvalue weighted by Gasteiger charge is -2.34. The number of hydrogen-bond donors (Lipinski definition) is 3. The fourth-order valence-electron chi connectivity index (χ4n) is 3.79. The van der Waals surface area contributed by atoms with Crippen LogP contribution < -0.4 is 26.6 Å². The van der Waals surface area contributed by atoms with Crippen LogP contribution in [0.25, 0.3) is 0 Å². The van der Waals surface area contributed by atoms with Gasteiger partial charge in [-0.3, -0.25) is 0 Å². The Morgan fingerprint density at radius 1 is 1.06 bits per heavy atom. The Labute approximate surface area is 199 Å². The number of likely N-dealkylation sites (N-methyl/N-ethyl adjacent to an activating group) is 1. The molecule has 0 bridgehead atoms. The van der Waals surface area contributed by atoms with Crippen molar-refractivity contribution in [2.24, 2.45) is 0 Å². The standard InChI is InChI=1S/C23H29ClN7OP/c1-30-10-12-31(13-11-30)20-9-8-16(14-18(20)25)27-23-26-15-17(24)22(29-23)28-19-6-4-5-7-21(19)33(2,3)32/h4-9,14-15H,10-13,25H2,1-3H3,(H2,26,27,28,29). The van der Waals surface area contributed by atoms with Crippen molar-refractivity contribution in [1.82, 2.24) is 14.9 Å². The first-order valence-electron chi connectivity index (χ1n) is 10.7. The summed E-state index contributed by atoms with van der Waals surface area (Å²) < 4.78 is 12.7. The number of aromatic nitrogens is 2. The molecule has 33 heavy (non-hydrogen) atoms. The minimum Gasteiger partial charge on any atom is -0.397 e. The first-order chi connectivity index (χ1) is 15.7. The Balaban J connectivity index is 1.53. The molecule has 0 saturated carbocycles. The van der Waals surface area contributed by atoms with E-state index in [9.17, 15) is 4.57 Å². The maximum Gasteiger partial charge on any atom is 0.229 e. The van der Waals surface area contributed by atoms with Crippen molar-refractivity contribution >= 4 is 58.6 Å². The number of piperazine rings is 1. The third kappa shape index (κ3) is 5.58. The van der Waals surface area contributed by atoms with Gasteiger partial charge in [0.1, 0.15) is 12.2 Å². The number of anilines is 6. The average molecular weight is 486 g/mol. The molecule has 4 N–H and O–H groups in total. The lowest BCUT2D eigenvalue weighted by Crippen LogP contribution is -2.44. The van der Waals surface area contributed by atoms with Crippen molar-refractivity contribution in [3.63, 3.8) is 0 Å². The van der Waals surface area contributed by atoms with Crippen molar-refractivity contribution in [2.45, 2.75) is 0 Å². The highest BCUT2D eigenvalue weighted by atomic mass is 35.5. The van der Waals surface area contributed by atoms with Gasteiger partial charge in [-0.05, 0) is 50.7 Å². The van der Waals surface area contributed by atoms with Gasteiger partial charge in [0, 0.05) is 37.2 Å². The highest BCUT2D eigenvalue weighted by molar-refractivity contribution is 7.70. The van der Waals surface area contributed by atoms with Crippen LogP contribution in [0.15, 0.2) is 48.7 Å². The van der Waals surface area contributed by atoms with E-state index < -0.39 is 7.14 Å². The van der Waals surface area contributed by atoms with Crippen LogP contribution in [0.5, 0.6) is 0 Å². The number of nitrogens with one attached hydrogen (secondary N) is 2. The molecular formula is C23H29ClN7OP. The Morgan fingerprint density at radius 2 is 1.79 bits per heavy atom. The van der Waals surface area contributed by atoms with Gasteiger partial charge in [0.15, 0.2) is 5.82 Å². The molecule has 0 amide bonds. The van der Waals surface area contributed by atoms with Crippen molar-refractivity contribution in [2.75, 3.05) is 67.8 Å². The van der Waals surface area contributed by atoms with Gasteiger partial charge in [-0.2, -0.15) is 4.98 Å². The summed E-state index contributed by atoms with van der Waals surface area (Å²) in [6.07, 6.45) is 1.53. The molecule has 0 spiro atoms. The van der Waals surface area contributed by atoms with Gasteiger partial charge < -0.3 is 30.7 Å². The van der Waals surface area contributed by atoms with Crippen LogP contribution in [-0.2, 0) is 4.57 Å². The van der Waals surface area contributed by atoms with E-state index >= 15 is 0 Å². The first kappa shape index (κ1) is 23.4. The molecule has 0 aliphatic carbocycles. The van der Waals surface area contributed by atoms with Crippen LogP contribution in [0.2, 0.25) is 5.02 Å². The zero-order valence-corrected chi connectivity index (χ0v) is 20.7. The number of para-hydroxylation sites is 1. The number of nitrogens with two attached hydrogens (primary N) is 1. The largest absolute Gasteiger partial charge is 0.397 e. The van der Waals surface area contributed by atoms with Crippen LogP contribution in [0, 0.1) is 0 Å². The number of nitrogen functional groups attached to an aromatic ring is 1. The smallest absolute Gasteiger partial charge is 0.229 e. The number of benzene rings is 2. The average Bonchev–Trinajstić information content (AvgIpc) is 2.77. The lowest BCUT2D eigenvalue weighted by molar-refractivity contribution is 0.313. The summed E-state index contributed by atoms with van der Waals surface area (Å²) in [7, 11) is -0.356. The topological polar surface area (TPSA) is 99.4 Å². The van der Waals surface area contributed by atoms with Crippen molar-refractivity contribution in [3.8, 4) is 0 Å². The molecule has 0 radical (unpaired) electrons. The molecule has 174 valence electrons. The summed E-state index contributed by atoms with van der Waals surface area (Å²) in [5, 5.41) is 7.51. The second kappa shape index (κ2) is 9.59. The Morgan fingerprint density at radius 3 is 2.48 bits per heavy atom. The summed E-state index contributed by atoms with van der Waals surface area (Å²) in [4.78, 5) is 13.4. The van der Waals surface area contributed by atoms with Crippen molar-refractivity contribution in [3.05, 3.63) is 53.7 Å². The molecule has 0 atom stereocenters. The zero-order chi connectivity index (χ0) is 23.6. The van der Waals surface area contributed by atoms with Gasteiger partial charge in [0.05, 0.1) is 23.3 Å². The minimum atomic E-state index is -2.49. The minimum absolute atomic E-state index is 0.363. The van der Waals surface area contributed by atoms with Gasteiger partial charge in [-0.25, -0.2) is 4.98 Å². The van der Waals surface area contributed by atoms with Crippen molar-refractivity contribution < 1.29 is 4.57 Å². The molecule has 3 aromatic rings. The molecule has 1 saturated heterocycles. The molecule has 4 rings (SSSR count). The maximum atomic E-state index is 12.7. The van der Waals surface area contributed by atoms with Gasteiger partial charge in [0.25, 0.3) is 0 Å². The lowest BCUT2D eigenvalue weighted by atomic mass is 10.2. The summed E-state index contributed by atoms with van der Waals surface area (Å²) in [6, 6.07) is 13.3. The van der Waals surface area contributed by atoms with Crippen LogP contribution in [0.1, 0.15) is 0 Å². The first-order valence-corrected chi connectivity index (χ1v) is 13.7. The van der Waals surface area contributed by atoms with Gasteiger partial charge in [0.2, 0.25) is 5.95 Å². The normalized spacial score (nSPS) is 14.8.